The number of nitrogens with zero attached hydrogens (tertiary/aromatic N) is 4. The maximum atomic E-state index is 6.63. The fourth-order valence-electron chi connectivity index (χ4n) is 7.94. The van der Waals surface area contributed by atoms with Crippen LogP contribution in [0.5, 0.6) is 11.5 Å². The van der Waals surface area contributed by atoms with E-state index in [1.54, 1.807) is 0 Å². The third-order valence-electron chi connectivity index (χ3n) is 10.3. The molecule has 0 atom stereocenters. The van der Waals surface area contributed by atoms with Crippen molar-refractivity contribution in [2.75, 3.05) is 0 Å². The van der Waals surface area contributed by atoms with Gasteiger partial charge < -0.3 is 0 Å². The van der Waals surface area contributed by atoms with E-state index in [0.717, 1.165) is 70.1 Å². The van der Waals surface area contributed by atoms with Crippen LogP contribution < -0.4 is 4.74 Å². The van der Waals surface area contributed by atoms with Crippen LogP contribution in [0.2, 0.25) is 0 Å². The molecule has 0 aliphatic heterocycles. The summed E-state index contributed by atoms with van der Waals surface area (Å²) in [6.45, 7) is 0. The predicted octanol–water partition coefficient (Wildman–Crippen LogP) is 11.8. The first-order chi connectivity index (χ1) is 26.7. The Bertz CT molecular complexity index is 3320. The van der Waals surface area contributed by atoms with Crippen LogP contribution in [-0.2, 0) is 19.4 Å². The number of ether oxygens (including phenoxy) is 1. The number of benzene rings is 8. The number of rotatable bonds is 5. The number of pyridine rings is 1. The fraction of sp³-hybridized carbons (Fsp3) is 0. The Kier molecular flexibility index (Phi) is 7.04. The van der Waals surface area contributed by atoms with E-state index in [1.165, 1.54) is 16.2 Å². The van der Waals surface area contributed by atoms with Crippen molar-refractivity contribution < 1.29 is 24.1 Å². The number of imidazole rings is 1. The van der Waals surface area contributed by atoms with Gasteiger partial charge in [0.05, 0.1) is 5.52 Å². The van der Waals surface area contributed by atoms with Gasteiger partial charge in [-0.25, -0.2) is 0 Å². The Morgan fingerprint density at radius 3 is 1.98 bits per heavy atom. The van der Waals surface area contributed by atoms with Crippen LogP contribution in [0, 0.1) is 15.9 Å². The molecule has 54 heavy (non-hydrogen) atoms. The minimum absolute atomic E-state index is 0.599. The molecule has 0 aliphatic carbocycles. The van der Waals surface area contributed by atoms with Gasteiger partial charge in [-0.1, -0.05) is 60.7 Å². The summed E-state index contributed by atoms with van der Waals surface area (Å²) in [6, 6.07) is 66.2. The van der Waals surface area contributed by atoms with Crippen molar-refractivity contribution in [2.45, 2.75) is 0 Å². The molecule has 8 aromatic carbocycles. The van der Waals surface area contributed by atoms with Crippen LogP contribution in [0.3, 0.4) is 0 Å². The van der Waals surface area contributed by atoms with E-state index in [9.17, 15) is 0 Å². The van der Waals surface area contributed by atoms with Gasteiger partial charge in [-0.2, -0.15) is 0 Å². The molecule has 0 amide bonds. The van der Waals surface area contributed by atoms with E-state index in [4.69, 9.17) is 9.72 Å². The topological polar surface area (TPSA) is 36.9 Å². The SMILES string of the molecule is [Pt]=[c]1n(-c2[c-]c(Oc3[c-]c4c(cc3)c3ccccc3n4-c3nc4ccccc4c4c3ccc3ccccc34)ccc2)c2ccccc2n1-c1ccccc1. The number of aromatic nitrogens is 4. The molecule has 258 valence electrons. The average Bonchev–Trinajstić information content (AvgIpc) is 3.71. The van der Waals surface area contributed by atoms with Gasteiger partial charge in [-0.3, -0.25) is 0 Å². The fourth-order valence-corrected chi connectivity index (χ4v) is 9.05. The molecule has 6 heteroatoms. The van der Waals surface area contributed by atoms with Crippen LogP contribution in [0.1, 0.15) is 0 Å². The van der Waals surface area contributed by atoms with Crippen molar-refractivity contribution in [1.29, 1.82) is 0 Å². The monoisotopic (exact) mass is 871 g/mol. The molecule has 11 rings (SSSR count). The first kappa shape index (κ1) is 31.0. The number of para-hydroxylation sites is 5. The number of fused-ring (bicyclic) bond motifs is 9. The Balaban J connectivity index is 1.08. The molecule has 0 bridgehead atoms. The summed E-state index contributed by atoms with van der Waals surface area (Å²) in [5, 5.41) is 8.03. The third kappa shape index (κ3) is 4.75. The molecule has 3 heterocycles. The second-order valence-electron chi connectivity index (χ2n) is 13.3. The van der Waals surface area contributed by atoms with Crippen molar-refractivity contribution in [3.8, 4) is 28.7 Å². The van der Waals surface area contributed by atoms with Gasteiger partial charge in [0.1, 0.15) is 0 Å². The third-order valence-corrected chi connectivity index (χ3v) is 11.3. The normalized spacial score (nSPS) is 11.8. The van der Waals surface area contributed by atoms with E-state index >= 15 is 0 Å². The Morgan fingerprint density at radius 2 is 1.13 bits per heavy atom. The van der Waals surface area contributed by atoms with Crippen molar-refractivity contribution in [3.05, 3.63) is 186 Å². The number of hydrogen-bond donors (Lipinski definition) is 0. The molecule has 11 aromatic rings. The molecule has 0 radical (unpaired) electrons. The van der Waals surface area contributed by atoms with E-state index in [2.05, 4.69) is 191 Å². The van der Waals surface area contributed by atoms with Gasteiger partial charge in [-0.05, 0) is 22.9 Å². The molecular weight excluding hydrogens is 844 g/mol. The predicted molar refractivity (Wildman–Crippen MR) is 215 cm³/mol. The zero-order valence-corrected chi connectivity index (χ0v) is 31.0. The van der Waals surface area contributed by atoms with Crippen molar-refractivity contribution >= 4 is 65.3 Å². The van der Waals surface area contributed by atoms with Crippen molar-refractivity contribution in [3.63, 3.8) is 0 Å². The second kappa shape index (κ2) is 12.3. The van der Waals surface area contributed by atoms with E-state index in [0.29, 0.717) is 11.5 Å². The summed E-state index contributed by atoms with van der Waals surface area (Å²) < 4.78 is 14.4. The molecule has 0 saturated heterocycles. The molecular formula is C48H28N4OPt-2. The Labute approximate surface area is 321 Å². The van der Waals surface area contributed by atoms with Crippen LogP contribution >= 0.6 is 0 Å². The zero-order valence-electron chi connectivity index (χ0n) is 28.7. The minimum atomic E-state index is 0.599. The molecule has 0 aliphatic rings. The maximum absolute atomic E-state index is 6.63. The second-order valence-corrected chi connectivity index (χ2v) is 14.4. The quantitative estimate of drug-likeness (QED) is 0.128. The van der Waals surface area contributed by atoms with Gasteiger partial charge in [0.2, 0.25) is 0 Å². The van der Waals surface area contributed by atoms with Crippen molar-refractivity contribution in [1.82, 2.24) is 18.7 Å². The van der Waals surface area contributed by atoms with E-state index in [-0.39, 0.29) is 0 Å². The van der Waals surface area contributed by atoms with Gasteiger partial charge >= 0.3 is 223 Å². The number of hydrogen-bond acceptors (Lipinski definition) is 2. The van der Waals surface area contributed by atoms with Crippen molar-refractivity contribution in [2.24, 2.45) is 0 Å². The Morgan fingerprint density at radius 1 is 0.463 bits per heavy atom. The molecule has 0 fully saturated rings. The van der Waals surface area contributed by atoms with Crippen LogP contribution in [0.4, 0.5) is 0 Å². The zero-order chi connectivity index (χ0) is 35.8. The van der Waals surface area contributed by atoms with Gasteiger partial charge in [0.15, 0.2) is 0 Å². The summed E-state index contributed by atoms with van der Waals surface area (Å²) in [5.74, 6) is 2.07. The molecule has 3 aromatic heterocycles. The van der Waals surface area contributed by atoms with Gasteiger partial charge in [-0.15, -0.1) is 0 Å². The standard InChI is InChI=1S/C48H28N4O.Pt/c1-2-14-33(15-3-1)50-31-51(45-24-11-10-23-44(45)50)34-16-12-17-35(29-34)53-36-26-28-39-38-19-7-9-22-43(38)52(46(39)30-36)48-41-27-25-32-13-4-5-18-37(32)47(41)40-20-6-8-21-42(40)49-48;/h1-28H;/q-2;. The first-order valence-electron chi connectivity index (χ1n) is 17.8. The average molecular weight is 872 g/mol. The van der Waals surface area contributed by atoms with Crippen LogP contribution in [0.25, 0.3) is 82.5 Å². The Hall–Kier alpha value is -6.55. The van der Waals surface area contributed by atoms with Crippen LogP contribution in [0.15, 0.2) is 170 Å². The van der Waals surface area contributed by atoms with E-state index < -0.39 is 0 Å². The molecule has 0 spiro atoms. The molecule has 0 saturated carbocycles. The first-order valence-corrected chi connectivity index (χ1v) is 18.9. The van der Waals surface area contributed by atoms with Gasteiger partial charge in [0, 0.05) is 10.8 Å². The summed E-state index contributed by atoms with van der Waals surface area (Å²) in [5.41, 5.74) is 7.09. The summed E-state index contributed by atoms with van der Waals surface area (Å²) in [4.78, 5) is 5.36. The van der Waals surface area contributed by atoms with Crippen LogP contribution in [-0.4, -0.2) is 18.7 Å². The van der Waals surface area contributed by atoms with E-state index in [1.807, 2.05) is 24.3 Å². The van der Waals surface area contributed by atoms with Gasteiger partial charge in [0.25, 0.3) is 0 Å². The molecule has 0 N–H and O–H groups in total. The summed E-state index contributed by atoms with van der Waals surface area (Å²) in [6.07, 6.45) is 0. The summed E-state index contributed by atoms with van der Waals surface area (Å²) in [7, 11) is 0. The molecule has 0 unspecified atom stereocenters. The molecule has 5 nitrogen and oxygen atoms in total. The summed E-state index contributed by atoms with van der Waals surface area (Å²) >= 11 is 2.41.